The van der Waals surface area contributed by atoms with Crippen LogP contribution in [0.25, 0.3) is 0 Å². The van der Waals surface area contributed by atoms with Crippen LogP contribution in [0.5, 0.6) is 0 Å². The first-order valence-electron chi connectivity index (χ1n) is 32.2. The molecule has 452 valence electrons. The average Bonchev–Trinajstić information content (AvgIpc) is 3.45. The third-order valence-electron chi connectivity index (χ3n) is 14.8. The van der Waals surface area contributed by atoms with E-state index in [0.717, 1.165) is 89.9 Å². The van der Waals surface area contributed by atoms with Crippen molar-refractivity contribution < 1.29 is 49.3 Å². The molecule has 0 radical (unpaired) electrons. The van der Waals surface area contributed by atoms with Crippen molar-refractivity contribution >= 4 is 11.9 Å². The quantitative estimate of drug-likeness (QED) is 0.0195. The van der Waals surface area contributed by atoms with Crippen LogP contribution in [-0.4, -0.2) is 100 Å². The SMILES string of the molecule is CC/C=C/CC/C=C/CC/C=C/C(O)C(COC1OC(CO)C(O)C(O)C1O)NC(=O)CCCCCCCCCCCCCCCC/C=C\C/C=C\CCOC(=O)CCCCCCCCCCC/C=C\CCCCCCCC. The fourth-order valence-electron chi connectivity index (χ4n) is 9.72. The molecule has 1 saturated heterocycles. The molecule has 0 bridgehead atoms. The number of carbonyl (C=O) groups is 2. The summed E-state index contributed by atoms with van der Waals surface area (Å²) in [6.45, 7) is 4.08. The molecule has 0 spiro atoms. The maximum Gasteiger partial charge on any atom is 0.305 e. The summed E-state index contributed by atoms with van der Waals surface area (Å²) in [5, 5.41) is 54.2. The molecule has 1 heterocycles. The second kappa shape index (κ2) is 56.0. The Morgan fingerprint density at radius 3 is 1.41 bits per heavy atom. The molecule has 0 saturated carbocycles. The normalized spacial score (nSPS) is 19.0. The zero-order chi connectivity index (χ0) is 56.6. The van der Waals surface area contributed by atoms with Crippen LogP contribution >= 0.6 is 0 Å². The molecule has 0 aromatic heterocycles. The van der Waals surface area contributed by atoms with Gasteiger partial charge in [-0.3, -0.25) is 9.59 Å². The van der Waals surface area contributed by atoms with Crippen LogP contribution in [-0.2, 0) is 23.8 Å². The summed E-state index contributed by atoms with van der Waals surface area (Å²) < 4.78 is 16.6. The van der Waals surface area contributed by atoms with Crippen molar-refractivity contribution in [2.24, 2.45) is 0 Å². The lowest BCUT2D eigenvalue weighted by Crippen LogP contribution is -2.60. The first kappa shape index (κ1) is 73.1. The second-order valence-electron chi connectivity index (χ2n) is 22.1. The van der Waals surface area contributed by atoms with Gasteiger partial charge in [0.2, 0.25) is 5.91 Å². The number of rotatable bonds is 55. The second-order valence-corrected chi connectivity index (χ2v) is 22.1. The van der Waals surface area contributed by atoms with Gasteiger partial charge in [0.25, 0.3) is 0 Å². The molecule has 78 heavy (non-hydrogen) atoms. The third kappa shape index (κ3) is 44.8. The highest BCUT2D eigenvalue weighted by Crippen LogP contribution is 2.23. The lowest BCUT2D eigenvalue weighted by molar-refractivity contribution is -0.302. The molecule has 1 rings (SSSR count). The summed E-state index contributed by atoms with van der Waals surface area (Å²) in [4.78, 5) is 25.1. The molecule has 6 N–H and O–H groups in total. The summed E-state index contributed by atoms with van der Waals surface area (Å²) in [6, 6.07) is -0.839. The van der Waals surface area contributed by atoms with Gasteiger partial charge in [0.1, 0.15) is 24.4 Å². The molecule has 0 aromatic carbocycles. The van der Waals surface area contributed by atoms with Gasteiger partial charge in [0.15, 0.2) is 6.29 Å². The van der Waals surface area contributed by atoms with Crippen LogP contribution in [0.1, 0.15) is 277 Å². The van der Waals surface area contributed by atoms with Gasteiger partial charge in [0.05, 0.1) is 32.0 Å². The van der Waals surface area contributed by atoms with Crippen molar-refractivity contribution in [2.75, 3.05) is 19.8 Å². The molecule has 11 heteroatoms. The van der Waals surface area contributed by atoms with Gasteiger partial charge in [-0.15, -0.1) is 0 Å². The molecular weight excluding hydrogens is 979 g/mol. The minimum absolute atomic E-state index is 0.0505. The highest BCUT2D eigenvalue weighted by Gasteiger charge is 2.44. The molecule has 1 amide bonds. The van der Waals surface area contributed by atoms with E-state index >= 15 is 0 Å². The Labute approximate surface area is 477 Å². The average molecular weight is 1100 g/mol. The smallest absolute Gasteiger partial charge is 0.305 e. The Morgan fingerprint density at radius 1 is 0.487 bits per heavy atom. The number of hydrogen-bond donors (Lipinski definition) is 6. The fraction of sp³-hybridized carbons (Fsp3) is 0.791. The van der Waals surface area contributed by atoms with E-state index in [4.69, 9.17) is 14.2 Å². The van der Waals surface area contributed by atoms with E-state index in [2.05, 4.69) is 79.9 Å². The fourth-order valence-corrected chi connectivity index (χ4v) is 9.72. The molecule has 1 fully saturated rings. The Kier molecular flexibility index (Phi) is 52.5. The van der Waals surface area contributed by atoms with E-state index in [1.807, 2.05) is 6.08 Å². The summed E-state index contributed by atoms with van der Waals surface area (Å²) in [5.74, 6) is -0.255. The van der Waals surface area contributed by atoms with Gasteiger partial charge in [-0.1, -0.05) is 241 Å². The minimum Gasteiger partial charge on any atom is -0.465 e. The van der Waals surface area contributed by atoms with Crippen LogP contribution < -0.4 is 5.32 Å². The molecule has 1 aliphatic rings. The van der Waals surface area contributed by atoms with Crippen LogP contribution in [0, 0.1) is 0 Å². The largest absolute Gasteiger partial charge is 0.465 e. The summed E-state index contributed by atoms with van der Waals surface area (Å²) in [7, 11) is 0. The lowest BCUT2D eigenvalue weighted by Gasteiger charge is -2.40. The molecular formula is C67H119NO10. The predicted octanol–water partition coefficient (Wildman–Crippen LogP) is 15.6. The van der Waals surface area contributed by atoms with Gasteiger partial charge in [-0.2, -0.15) is 0 Å². The number of hydrogen-bond acceptors (Lipinski definition) is 10. The number of ether oxygens (including phenoxy) is 3. The number of amides is 1. The van der Waals surface area contributed by atoms with E-state index in [0.29, 0.717) is 19.4 Å². The number of nitrogens with one attached hydrogen (secondary N) is 1. The van der Waals surface area contributed by atoms with Crippen molar-refractivity contribution in [3.63, 3.8) is 0 Å². The standard InChI is InChI=1S/C67H119NO10/c1-3-5-7-9-11-13-15-16-17-18-22-26-29-32-35-39-43-47-51-55-63(72)76-56-52-48-44-40-36-33-30-27-24-21-19-20-23-25-28-31-34-38-42-46-50-54-62(71)68-59(58-77-67-66(75)65(74)64(73)61(57-69)78-67)60(70)53-49-45-41-37-14-12-10-8-6-4-2/h6,8,14,16-17,33,36-37,44,48-49,53,59-61,64-67,69-70,73-75H,3-5,7,9-13,15,18-32,34-35,38-43,45-47,50-52,54-58H2,1-2H3,(H,68,71)/b8-6+,17-16-,36-33-,37-14+,48-44-,53-49+. The highest BCUT2D eigenvalue weighted by atomic mass is 16.7. The summed E-state index contributed by atoms with van der Waals surface area (Å²) in [5.41, 5.74) is 0. The van der Waals surface area contributed by atoms with E-state index in [1.54, 1.807) is 6.08 Å². The zero-order valence-electron chi connectivity index (χ0n) is 49.9. The third-order valence-corrected chi connectivity index (χ3v) is 14.8. The highest BCUT2D eigenvalue weighted by molar-refractivity contribution is 5.76. The van der Waals surface area contributed by atoms with Crippen molar-refractivity contribution in [1.29, 1.82) is 0 Å². The predicted molar refractivity (Wildman–Crippen MR) is 324 cm³/mol. The van der Waals surface area contributed by atoms with E-state index in [1.165, 1.54) is 161 Å². The van der Waals surface area contributed by atoms with Crippen molar-refractivity contribution in [1.82, 2.24) is 5.32 Å². The van der Waals surface area contributed by atoms with Crippen LogP contribution in [0.3, 0.4) is 0 Å². The Morgan fingerprint density at radius 2 is 0.910 bits per heavy atom. The Hall–Kier alpha value is -2.90. The summed E-state index contributed by atoms with van der Waals surface area (Å²) in [6.07, 6.45) is 64.7. The van der Waals surface area contributed by atoms with Gasteiger partial charge in [0, 0.05) is 12.8 Å². The molecule has 0 aromatic rings. The maximum atomic E-state index is 13.0. The maximum absolute atomic E-state index is 13.0. The monoisotopic (exact) mass is 1100 g/mol. The van der Waals surface area contributed by atoms with Crippen LogP contribution in [0.2, 0.25) is 0 Å². The molecule has 1 aliphatic heterocycles. The number of esters is 1. The zero-order valence-corrected chi connectivity index (χ0v) is 49.9. The van der Waals surface area contributed by atoms with Crippen LogP contribution in [0.15, 0.2) is 72.9 Å². The van der Waals surface area contributed by atoms with E-state index in [-0.39, 0.29) is 18.5 Å². The van der Waals surface area contributed by atoms with Gasteiger partial charge < -0.3 is 45.1 Å². The first-order valence-corrected chi connectivity index (χ1v) is 32.2. The van der Waals surface area contributed by atoms with E-state index < -0.39 is 49.5 Å². The van der Waals surface area contributed by atoms with Gasteiger partial charge in [-0.25, -0.2) is 0 Å². The topological polar surface area (TPSA) is 175 Å². The number of unbranched alkanes of at least 4 members (excludes halogenated alkanes) is 31. The Bertz CT molecular complexity index is 1520. The molecule has 7 atom stereocenters. The summed E-state index contributed by atoms with van der Waals surface area (Å²) >= 11 is 0. The minimum atomic E-state index is -1.58. The number of aliphatic hydroxyl groups excluding tert-OH is 5. The number of carbonyl (C=O) groups excluding carboxylic acids is 2. The van der Waals surface area contributed by atoms with Crippen molar-refractivity contribution in [2.45, 2.75) is 320 Å². The lowest BCUT2D eigenvalue weighted by atomic mass is 9.99. The van der Waals surface area contributed by atoms with Crippen LogP contribution in [0.4, 0.5) is 0 Å². The van der Waals surface area contributed by atoms with Gasteiger partial charge in [-0.05, 0) is 96.3 Å². The molecule has 7 unspecified atom stereocenters. The first-order chi connectivity index (χ1) is 38.2. The van der Waals surface area contributed by atoms with Crippen molar-refractivity contribution in [3.05, 3.63) is 72.9 Å². The number of allylic oxidation sites excluding steroid dienone is 10. The number of aliphatic hydroxyl groups is 5. The Balaban J connectivity index is 2.01. The van der Waals surface area contributed by atoms with Crippen molar-refractivity contribution in [3.8, 4) is 0 Å². The van der Waals surface area contributed by atoms with Gasteiger partial charge >= 0.3 is 5.97 Å². The molecule has 11 nitrogen and oxygen atoms in total. The van der Waals surface area contributed by atoms with E-state index in [9.17, 15) is 35.1 Å². The molecule has 0 aliphatic carbocycles.